The lowest BCUT2D eigenvalue weighted by Crippen LogP contribution is -2.37. The fourth-order valence-corrected chi connectivity index (χ4v) is 2.40. The van der Waals surface area contributed by atoms with Crippen LogP contribution in [-0.4, -0.2) is 40.3 Å². The highest BCUT2D eigenvalue weighted by molar-refractivity contribution is 5.95. The Kier molecular flexibility index (Phi) is 4.21. The third-order valence-corrected chi connectivity index (χ3v) is 3.65. The molecule has 0 bridgehead atoms. The first-order valence-electron chi connectivity index (χ1n) is 6.49. The van der Waals surface area contributed by atoms with Crippen LogP contribution in [0.15, 0.2) is 23.4 Å². The van der Waals surface area contributed by atoms with Crippen LogP contribution in [0, 0.1) is 5.92 Å². The zero-order valence-corrected chi connectivity index (χ0v) is 11.0. The van der Waals surface area contributed by atoms with Gasteiger partial charge >= 0.3 is 0 Å². The molecule has 2 heterocycles. The summed E-state index contributed by atoms with van der Waals surface area (Å²) in [6.07, 6.45) is 1.65. The van der Waals surface area contributed by atoms with E-state index in [-0.39, 0.29) is 11.9 Å². The summed E-state index contributed by atoms with van der Waals surface area (Å²) in [5.74, 6) is 1.21. The van der Waals surface area contributed by atoms with Crippen molar-refractivity contribution in [2.24, 2.45) is 16.8 Å². The molecule has 6 nitrogen and oxygen atoms in total. The Morgan fingerprint density at radius 3 is 2.74 bits per heavy atom. The van der Waals surface area contributed by atoms with E-state index in [1.165, 1.54) is 0 Å². The van der Waals surface area contributed by atoms with Crippen LogP contribution in [0.5, 0.6) is 0 Å². The Morgan fingerprint density at radius 1 is 1.47 bits per heavy atom. The van der Waals surface area contributed by atoms with E-state index in [1.54, 1.807) is 6.07 Å². The van der Waals surface area contributed by atoms with Crippen molar-refractivity contribution in [2.45, 2.75) is 25.9 Å². The number of pyridine rings is 1. The Labute approximate surface area is 112 Å². The van der Waals surface area contributed by atoms with Gasteiger partial charge in [-0.25, -0.2) is 4.98 Å². The molecule has 0 amide bonds. The van der Waals surface area contributed by atoms with Crippen LogP contribution >= 0.6 is 0 Å². The average molecular weight is 264 g/mol. The zero-order valence-electron chi connectivity index (χ0n) is 11.0. The smallest absolute Gasteiger partial charge is 0.188 e. The number of rotatable bonds is 3. The van der Waals surface area contributed by atoms with Crippen molar-refractivity contribution in [1.82, 2.24) is 4.98 Å². The van der Waals surface area contributed by atoms with E-state index < -0.39 is 0 Å². The number of hydrogen-bond donors (Lipinski definition) is 3. The topological polar surface area (TPSA) is 95.0 Å². The molecule has 1 fully saturated rings. The van der Waals surface area contributed by atoms with Crippen LogP contribution in [0.3, 0.4) is 0 Å². The van der Waals surface area contributed by atoms with Gasteiger partial charge in [0.2, 0.25) is 0 Å². The van der Waals surface area contributed by atoms with E-state index in [0.29, 0.717) is 11.6 Å². The number of piperidine rings is 1. The molecule has 6 heteroatoms. The predicted octanol–water partition coefficient (Wildman–Crippen LogP) is 0.773. The maximum atomic E-state index is 9.59. The molecule has 0 spiro atoms. The van der Waals surface area contributed by atoms with Crippen LogP contribution in [0.4, 0.5) is 5.82 Å². The van der Waals surface area contributed by atoms with Gasteiger partial charge in [-0.1, -0.05) is 11.2 Å². The summed E-state index contributed by atoms with van der Waals surface area (Å²) in [7, 11) is 0. The lowest BCUT2D eigenvalue weighted by atomic mass is 9.92. The summed E-state index contributed by atoms with van der Waals surface area (Å²) in [5.41, 5.74) is 6.01. The van der Waals surface area contributed by atoms with Gasteiger partial charge in [0.15, 0.2) is 5.84 Å². The highest BCUT2D eigenvalue weighted by Gasteiger charge is 2.23. The SMILES string of the molecule is CC(O)C1CCN(c2cccc(/C(N)=N/O)n2)CC1. The first kappa shape index (κ1) is 13.6. The molecule has 1 unspecified atom stereocenters. The van der Waals surface area contributed by atoms with Crippen molar-refractivity contribution in [2.75, 3.05) is 18.0 Å². The van der Waals surface area contributed by atoms with Gasteiger partial charge in [0.25, 0.3) is 0 Å². The Bertz CT molecular complexity index is 454. The molecule has 1 aromatic heterocycles. The van der Waals surface area contributed by atoms with Crippen LogP contribution in [0.1, 0.15) is 25.5 Å². The van der Waals surface area contributed by atoms with E-state index in [2.05, 4.69) is 15.0 Å². The zero-order chi connectivity index (χ0) is 13.8. The second kappa shape index (κ2) is 5.88. The number of anilines is 1. The molecule has 19 heavy (non-hydrogen) atoms. The Hall–Kier alpha value is -1.82. The van der Waals surface area contributed by atoms with E-state index in [0.717, 1.165) is 31.7 Å². The molecule has 4 N–H and O–H groups in total. The lowest BCUT2D eigenvalue weighted by Gasteiger charge is -2.34. The quantitative estimate of drug-likeness (QED) is 0.324. The Balaban J connectivity index is 2.07. The second-order valence-corrected chi connectivity index (χ2v) is 4.93. The van der Waals surface area contributed by atoms with Crippen molar-refractivity contribution in [3.8, 4) is 0 Å². The largest absolute Gasteiger partial charge is 0.409 e. The molecule has 0 aromatic carbocycles. The number of aliphatic hydroxyl groups excluding tert-OH is 1. The molecular formula is C13H20N4O2. The molecule has 1 aliphatic rings. The minimum Gasteiger partial charge on any atom is -0.409 e. The number of aliphatic hydroxyl groups is 1. The first-order chi connectivity index (χ1) is 9.11. The van der Waals surface area contributed by atoms with Gasteiger partial charge in [0, 0.05) is 13.1 Å². The van der Waals surface area contributed by atoms with Gasteiger partial charge in [-0.2, -0.15) is 0 Å². The minimum absolute atomic E-state index is 0.0146. The number of oxime groups is 1. The molecule has 0 aliphatic carbocycles. The fraction of sp³-hybridized carbons (Fsp3) is 0.538. The van der Waals surface area contributed by atoms with Crippen molar-refractivity contribution in [3.05, 3.63) is 23.9 Å². The van der Waals surface area contributed by atoms with Gasteiger partial charge in [0.1, 0.15) is 11.5 Å². The van der Waals surface area contributed by atoms with Crippen molar-refractivity contribution < 1.29 is 10.3 Å². The molecule has 1 aromatic rings. The van der Waals surface area contributed by atoms with Crippen molar-refractivity contribution in [3.63, 3.8) is 0 Å². The number of nitrogens with zero attached hydrogens (tertiary/aromatic N) is 3. The summed E-state index contributed by atoms with van der Waals surface area (Å²) in [6, 6.07) is 5.47. The highest BCUT2D eigenvalue weighted by atomic mass is 16.4. The second-order valence-electron chi connectivity index (χ2n) is 4.93. The predicted molar refractivity (Wildman–Crippen MR) is 73.4 cm³/mol. The van der Waals surface area contributed by atoms with Crippen LogP contribution < -0.4 is 10.6 Å². The standard InChI is InChI=1S/C13H20N4O2/c1-9(18)10-5-7-17(8-6-10)12-4-2-3-11(15-12)13(14)16-19/h2-4,9-10,18-19H,5-8H2,1H3,(H2,14,16). The molecule has 0 saturated carbocycles. The lowest BCUT2D eigenvalue weighted by molar-refractivity contribution is 0.110. The number of nitrogens with two attached hydrogens (primary N) is 1. The fourth-order valence-electron chi connectivity index (χ4n) is 2.40. The first-order valence-corrected chi connectivity index (χ1v) is 6.49. The summed E-state index contributed by atoms with van der Waals surface area (Å²) in [5, 5.41) is 21.2. The third-order valence-electron chi connectivity index (χ3n) is 3.65. The molecule has 2 rings (SSSR count). The number of hydrogen-bond acceptors (Lipinski definition) is 5. The van der Waals surface area contributed by atoms with Crippen molar-refractivity contribution >= 4 is 11.7 Å². The average Bonchev–Trinajstić information content (AvgIpc) is 2.46. The van der Waals surface area contributed by atoms with Gasteiger partial charge in [0.05, 0.1) is 6.10 Å². The molecular weight excluding hydrogens is 244 g/mol. The highest BCUT2D eigenvalue weighted by Crippen LogP contribution is 2.24. The van der Waals surface area contributed by atoms with Crippen LogP contribution in [0.25, 0.3) is 0 Å². The summed E-state index contributed by atoms with van der Waals surface area (Å²) < 4.78 is 0. The number of aromatic nitrogens is 1. The van der Waals surface area contributed by atoms with E-state index in [4.69, 9.17) is 10.9 Å². The summed E-state index contributed by atoms with van der Waals surface area (Å²) >= 11 is 0. The Morgan fingerprint density at radius 2 is 2.16 bits per heavy atom. The molecule has 1 aliphatic heterocycles. The van der Waals surface area contributed by atoms with E-state index >= 15 is 0 Å². The van der Waals surface area contributed by atoms with Gasteiger partial charge < -0.3 is 20.9 Å². The third kappa shape index (κ3) is 3.14. The molecule has 104 valence electrons. The minimum atomic E-state index is -0.251. The van der Waals surface area contributed by atoms with E-state index in [9.17, 15) is 5.11 Å². The molecule has 1 saturated heterocycles. The van der Waals surface area contributed by atoms with Gasteiger partial charge in [-0.3, -0.25) is 0 Å². The maximum Gasteiger partial charge on any atom is 0.188 e. The van der Waals surface area contributed by atoms with Crippen LogP contribution in [0.2, 0.25) is 0 Å². The summed E-state index contributed by atoms with van der Waals surface area (Å²) in [6.45, 7) is 3.57. The van der Waals surface area contributed by atoms with Gasteiger partial charge in [-0.05, 0) is 37.8 Å². The summed E-state index contributed by atoms with van der Waals surface area (Å²) in [4.78, 5) is 6.54. The van der Waals surface area contributed by atoms with Gasteiger partial charge in [-0.15, -0.1) is 0 Å². The molecule has 0 radical (unpaired) electrons. The van der Waals surface area contributed by atoms with E-state index in [1.807, 2.05) is 19.1 Å². The number of amidine groups is 1. The maximum absolute atomic E-state index is 9.59. The van der Waals surface area contributed by atoms with Crippen molar-refractivity contribution in [1.29, 1.82) is 0 Å². The molecule has 1 atom stereocenters. The normalized spacial score (nSPS) is 19.5. The monoisotopic (exact) mass is 264 g/mol. The van der Waals surface area contributed by atoms with Crippen LogP contribution in [-0.2, 0) is 0 Å².